The summed E-state index contributed by atoms with van der Waals surface area (Å²) in [4.78, 5) is 7.01. The van der Waals surface area contributed by atoms with Crippen LogP contribution in [0.2, 0.25) is 0 Å². The zero-order valence-electron chi connectivity index (χ0n) is 18.1. The molecule has 0 bridgehead atoms. The first kappa shape index (κ1) is 22.2. The number of nitrogens with zero attached hydrogens (tertiary/aromatic N) is 2. The van der Waals surface area contributed by atoms with E-state index in [-0.39, 0.29) is 17.7 Å². The zero-order chi connectivity index (χ0) is 21.8. The number of nitrogens with one attached hydrogen (secondary N) is 2. The molecule has 3 fully saturated rings. The predicted octanol–water partition coefficient (Wildman–Crippen LogP) is 4.40. The van der Waals surface area contributed by atoms with Crippen molar-refractivity contribution in [2.75, 3.05) is 20.1 Å². The molecule has 8 heteroatoms. The fraction of sp³-hybridized carbons (Fsp3) is 0.696. The molecule has 2 unspecified atom stereocenters. The molecule has 2 aliphatic carbocycles. The third-order valence-electron chi connectivity index (χ3n) is 6.84. The summed E-state index contributed by atoms with van der Waals surface area (Å²) in [5.41, 5.74) is 0.591. The van der Waals surface area contributed by atoms with Crippen LogP contribution in [0, 0.1) is 0 Å². The highest BCUT2D eigenvalue weighted by atomic mass is 19.4. The van der Waals surface area contributed by atoms with Gasteiger partial charge in [0.05, 0.1) is 0 Å². The van der Waals surface area contributed by atoms with Gasteiger partial charge >= 0.3 is 6.36 Å². The number of para-hydroxylation sites is 1. The lowest BCUT2D eigenvalue weighted by molar-refractivity contribution is -0.274. The summed E-state index contributed by atoms with van der Waals surface area (Å²) in [7, 11) is 1.74. The first-order valence-corrected chi connectivity index (χ1v) is 11.5. The van der Waals surface area contributed by atoms with Crippen LogP contribution in [-0.2, 0) is 0 Å². The van der Waals surface area contributed by atoms with Gasteiger partial charge in [0.1, 0.15) is 5.75 Å². The van der Waals surface area contributed by atoms with Crippen LogP contribution in [0.5, 0.6) is 5.75 Å². The van der Waals surface area contributed by atoms with Crippen molar-refractivity contribution in [3.63, 3.8) is 0 Å². The Bertz CT molecular complexity index is 755. The van der Waals surface area contributed by atoms with Crippen molar-refractivity contribution in [1.82, 2.24) is 15.5 Å². The lowest BCUT2D eigenvalue weighted by Gasteiger charge is -2.39. The number of ether oxygens (including phenoxy) is 1. The Morgan fingerprint density at radius 2 is 1.74 bits per heavy atom. The normalized spacial score (nSPS) is 26.5. The molecule has 1 saturated heterocycles. The van der Waals surface area contributed by atoms with E-state index in [0.29, 0.717) is 11.6 Å². The van der Waals surface area contributed by atoms with Crippen LogP contribution >= 0.6 is 0 Å². The van der Waals surface area contributed by atoms with Crippen LogP contribution in [0.15, 0.2) is 29.3 Å². The summed E-state index contributed by atoms with van der Waals surface area (Å²) in [5, 5.41) is 6.92. The van der Waals surface area contributed by atoms with Gasteiger partial charge in [-0.3, -0.25) is 4.99 Å². The van der Waals surface area contributed by atoms with Gasteiger partial charge in [0.2, 0.25) is 0 Å². The van der Waals surface area contributed by atoms with Crippen LogP contribution in [0.4, 0.5) is 13.2 Å². The Hall–Kier alpha value is -1.96. The number of benzene rings is 1. The zero-order valence-corrected chi connectivity index (χ0v) is 18.1. The Balaban J connectivity index is 1.26. The monoisotopic (exact) mass is 438 g/mol. The molecule has 1 aliphatic heterocycles. The van der Waals surface area contributed by atoms with Crippen LogP contribution in [0.25, 0.3) is 0 Å². The maximum Gasteiger partial charge on any atom is 0.573 e. The number of hydrogen-bond acceptors (Lipinski definition) is 3. The second kappa shape index (κ2) is 9.67. The van der Waals surface area contributed by atoms with Crippen molar-refractivity contribution in [2.24, 2.45) is 4.99 Å². The molecule has 0 aromatic heterocycles. The highest BCUT2D eigenvalue weighted by Crippen LogP contribution is 2.45. The number of likely N-dealkylation sites (tertiary alicyclic amines) is 1. The van der Waals surface area contributed by atoms with Gasteiger partial charge in [0, 0.05) is 44.2 Å². The van der Waals surface area contributed by atoms with Gasteiger partial charge in [0.25, 0.3) is 0 Å². The third-order valence-corrected chi connectivity index (χ3v) is 6.84. The molecule has 0 amide bonds. The van der Waals surface area contributed by atoms with E-state index in [1.165, 1.54) is 38.2 Å². The smallest absolute Gasteiger partial charge is 0.405 e. The van der Waals surface area contributed by atoms with E-state index in [2.05, 4.69) is 25.3 Å². The topological polar surface area (TPSA) is 48.9 Å². The van der Waals surface area contributed by atoms with E-state index in [0.717, 1.165) is 44.4 Å². The van der Waals surface area contributed by atoms with E-state index in [4.69, 9.17) is 0 Å². The molecule has 2 atom stereocenters. The molecule has 1 heterocycles. The van der Waals surface area contributed by atoms with Gasteiger partial charge in [-0.15, -0.1) is 13.2 Å². The Morgan fingerprint density at radius 3 is 2.42 bits per heavy atom. The van der Waals surface area contributed by atoms with Crippen molar-refractivity contribution in [3.8, 4) is 5.75 Å². The van der Waals surface area contributed by atoms with E-state index in [1.807, 2.05) is 0 Å². The number of guanidine groups is 1. The lowest BCUT2D eigenvalue weighted by Crippen LogP contribution is -2.51. The molecule has 1 aromatic rings. The summed E-state index contributed by atoms with van der Waals surface area (Å²) < 4.78 is 42.3. The first-order valence-electron chi connectivity index (χ1n) is 11.5. The van der Waals surface area contributed by atoms with E-state index < -0.39 is 6.36 Å². The van der Waals surface area contributed by atoms with Crippen molar-refractivity contribution < 1.29 is 17.9 Å². The van der Waals surface area contributed by atoms with Gasteiger partial charge in [-0.2, -0.15) is 0 Å². The average molecular weight is 439 g/mol. The SMILES string of the molecule is CN=C(NC1CCN(C2CCCCC2)CC1)NC1CC1c1ccccc1OC(F)(F)F. The van der Waals surface area contributed by atoms with Crippen molar-refractivity contribution >= 4 is 5.96 Å². The highest BCUT2D eigenvalue weighted by molar-refractivity contribution is 5.81. The number of hydrogen-bond donors (Lipinski definition) is 2. The number of halogens is 3. The minimum atomic E-state index is -4.68. The van der Waals surface area contributed by atoms with E-state index in [9.17, 15) is 13.2 Å². The second-order valence-corrected chi connectivity index (χ2v) is 9.00. The Kier molecular flexibility index (Phi) is 6.94. The minimum Gasteiger partial charge on any atom is -0.405 e. The number of rotatable bonds is 5. The molecule has 31 heavy (non-hydrogen) atoms. The van der Waals surface area contributed by atoms with Gasteiger partial charge in [0.15, 0.2) is 5.96 Å². The van der Waals surface area contributed by atoms with Gasteiger partial charge in [-0.05, 0) is 43.7 Å². The van der Waals surface area contributed by atoms with Crippen molar-refractivity contribution in [3.05, 3.63) is 29.8 Å². The third kappa shape index (κ3) is 6.05. The summed E-state index contributed by atoms with van der Waals surface area (Å²) >= 11 is 0. The maximum absolute atomic E-state index is 12.7. The molecule has 1 aromatic carbocycles. The molecule has 0 radical (unpaired) electrons. The molecule has 3 aliphatic rings. The van der Waals surface area contributed by atoms with Crippen LogP contribution in [-0.4, -0.2) is 55.5 Å². The van der Waals surface area contributed by atoms with E-state index in [1.54, 1.807) is 25.2 Å². The van der Waals surface area contributed by atoms with Crippen LogP contribution < -0.4 is 15.4 Å². The molecule has 2 N–H and O–H groups in total. The van der Waals surface area contributed by atoms with Gasteiger partial charge in [-0.25, -0.2) is 0 Å². The molecule has 0 spiro atoms. The molecule has 172 valence electrons. The van der Waals surface area contributed by atoms with Crippen molar-refractivity contribution in [2.45, 2.75) is 81.8 Å². The molecule has 2 saturated carbocycles. The molecular weight excluding hydrogens is 405 g/mol. The summed E-state index contributed by atoms with van der Waals surface area (Å²) in [5.74, 6) is 0.616. The van der Waals surface area contributed by atoms with E-state index >= 15 is 0 Å². The highest BCUT2D eigenvalue weighted by Gasteiger charge is 2.42. The standard InChI is InChI=1S/C23H33F3N4O/c1-27-22(28-16-11-13-30(14-12-16)17-7-3-2-4-8-17)29-20-15-19(20)18-9-5-6-10-21(18)31-23(24,25)26/h5-6,9-10,16-17,19-20H,2-4,7-8,11-15H2,1H3,(H2,27,28,29). The van der Waals surface area contributed by atoms with Crippen LogP contribution in [0.1, 0.15) is 62.8 Å². The fourth-order valence-corrected chi connectivity index (χ4v) is 5.10. The summed E-state index contributed by atoms with van der Waals surface area (Å²) in [6, 6.07) is 7.61. The van der Waals surface area contributed by atoms with Crippen LogP contribution in [0.3, 0.4) is 0 Å². The first-order chi connectivity index (χ1) is 14.9. The molecule has 4 rings (SSSR count). The minimum absolute atomic E-state index is 0.00903. The number of piperidine rings is 1. The fourth-order valence-electron chi connectivity index (χ4n) is 5.10. The number of aliphatic imine (C=N–C) groups is 1. The summed E-state index contributed by atoms with van der Waals surface area (Å²) in [6.07, 6.45) is 5.04. The predicted molar refractivity (Wildman–Crippen MR) is 115 cm³/mol. The van der Waals surface area contributed by atoms with Gasteiger partial charge in [-0.1, -0.05) is 37.5 Å². The van der Waals surface area contributed by atoms with Gasteiger partial charge < -0.3 is 20.3 Å². The number of alkyl halides is 3. The Morgan fingerprint density at radius 1 is 1.03 bits per heavy atom. The molecule has 5 nitrogen and oxygen atoms in total. The average Bonchev–Trinajstić information content (AvgIpc) is 3.52. The largest absolute Gasteiger partial charge is 0.573 e. The summed E-state index contributed by atoms with van der Waals surface area (Å²) in [6.45, 7) is 2.24. The molecular formula is C23H33F3N4O. The van der Waals surface area contributed by atoms with Crippen molar-refractivity contribution in [1.29, 1.82) is 0 Å². The second-order valence-electron chi connectivity index (χ2n) is 9.00. The quantitative estimate of drug-likeness (QED) is 0.528. The Labute approximate surface area is 182 Å². The maximum atomic E-state index is 12.7. The lowest BCUT2D eigenvalue weighted by atomic mass is 9.92.